The normalized spacial score (nSPS) is 11.7. The Morgan fingerprint density at radius 1 is 1.10 bits per heavy atom. The van der Waals surface area contributed by atoms with E-state index in [1.165, 1.54) is 6.92 Å². The minimum absolute atomic E-state index is 0.169. The van der Waals surface area contributed by atoms with E-state index < -0.39 is 46.4 Å². The molecule has 1 unspecified atom stereocenters. The van der Waals surface area contributed by atoms with Gasteiger partial charge in [-0.25, -0.2) is 14.0 Å². The highest BCUT2D eigenvalue weighted by atomic mass is 79.9. The van der Waals surface area contributed by atoms with Crippen LogP contribution in [-0.4, -0.2) is 46.5 Å². The fourth-order valence-electron chi connectivity index (χ4n) is 3.34. The molecule has 0 fully saturated rings. The van der Waals surface area contributed by atoms with Crippen LogP contribution in [0, 0.1) is 5.82 Å². The average Bonchev–Trinajstić information content (AvgIpc) is 3.18. The molecule has 0 radical (unpaired) electrons. The van der Waals surface area contributed by atoms with Gasteiger partial charge in [-0.05, 0) is 67.9 Å². The number of halogens is 6. The first kappa shape index (κ1) is 34.6. The molecular weight excluding hydrogens is 652 g/mol. The molecule has 1 heterocycles. The molecule has 0 aliphatic carbocycles. The molecule has 1 aromatic heterocycles. The van der Waals surface area contributed by atoms with Crippen molar-refractivity contribution in [1.29, 1.82) is 0 Å². The van der Waals surface area contributed by atoms with Gasteiger partial charge in [0.1, 0.15) is 11.5 Å². The van der Waals surface area contributed by atoms with Gasteiger partial charge in [0.25, 0.3) is 5.91 Å². The van der Waals surface area contributed by atoms with Crippen molar-refractivity contribution in [3.63, 3.8) is 0 Å². The molecule has 42 heavy (non-hydrogen) atoms. The topological polar surface area (TPSA) is 112 Å². The Balaban J connectivity index is 0.000000317. The number of rotatable bonds is 7. The summed E-state index contributed by atoms with van der Waals surface area (Å²) in [5.74, 6) is -2.04. The number of benzene rings is 2. The van der Waals surface area contributed by atoms with Gasteiger partial charge in [0.2, 0.25) is 0 Å². The van der Waals surface area contributed by atoms with Crippen molar-refractivity contribution in [3.05, 3.63) is 69.0 Å². The molecule has 228 valence electrons. The van der Waals surface area contributed by atoms with E-state index in [9.17, 15) is 31.9 Å². The van der Waals surface area contributed by atoms with Crippen molar-refractivity contribution in [1.82, 2.24) is 15.1 Å². The number of amides is 2. The summed E-state index contributed by atoms with van der Waals surface area (Å²) in [7, 11) is 1.08. The predicted molar refractivity (Wildman–Crippen MR) is 152 cm³/mol. The van der Waals surface area contributed by atoms with Crippen molar-refractivity contribution >= 4 is 51.2 Å². The van der Waals surface area contributed by atoms with E-state index in [-0.39, 0.29) is 27.8 Å². The number of para-hydroxylation sites is 1. The second-order valence-corrected chi connectivity index (χ2v) is 10.0. The van der Waals surface area contributed by atoms with Crippen LogP contribution in [0.5, 0.6) is 0 Å². The maximum atomic E-state index is 14.3. The molecule has 3 rings (SSSR count). The zero-order chi connectivity index (χ0) is 31.8. The maximum absolute atomic E-state index is 14.3. The molecule has 1 atom stereocenters. The number of nitrogens with zero attached hydrogens (tertiary/aromatic N) is 2. The minimum Gasteiger partial charge on any atom is -0.459 e. The maximum Gasteiger partial charge on any atom is 0.434 e. The number of carbonyl (C=O) groups excluding carboxylic acids is 3. The number of anilines is 1. The van der Waals surface area contributed by atoms with Crippen LogP contribution in [-0.2, 0) is 27.5 Å². The van der Waals surface area contributed by atoms with Gasteiger partial charge in [-0.1, -0.05) is 29.8 Å². The second kappa shape index (κ2) is 15.0. The number of hydrogen-bond donors (Lipinski definition) is 2. The molecule has 0 aliphatic rings. The summed E-state index contributed by atoms with van der Waals surface area (Å²) in [6, 6.07) is 10.8. The SMILES string of the molecule is CC(C)OC(=O)c1cc(-c2nn(C)c(C(F)(F)F)c2Br)c(F)cc1Cl.CCNC(=O)C(C)OC(=O)Nc1ccccc1. The van der Waals surface area contributed by atoms with Crippen LogP contribution in [0.2, 0.25) is 5.02 Å². The molecular formula is C27H28BrClF4N4O5. The van der Waals surface area contributed by atoms with Gasteiger partial charge in [0.05, 0.1) is 21.2 Å². The molecule has 0 saturated heterocycles. The highest BCUT2D eigenvalue weighted by molar-refractivity contribution is 9.10. The molecule has 2 amide bonds. The monoisotopic (exact) mass is 678 g/mol. The summed E-state index contributed by atoms with van der Waals surface area (Å²) in [6.07, 6.45) is -6.59. The molecule has 0 bridgehead atoms. The number of likely N-dealkylation sites (N-methyl/N-ethyl adjacent to an activating group) is 1. The van der Waals surface area contributed by atoms with Gasteiger partial charge in [-0.2, -0.15) is 18.3 Å². The fourth-order valence-corrected chi connectivity index (χ4v) is 4.35. The van der Waals surface area contributed by atoms with E-state index >= 15 is 0 Å². The lowest BCUT2D eigenvalue weighted by atomic mass is 10.1. The van der Waals surface area contributed by atoms with Crippen molar-refractivity contribution in [3.8, 4) is 11.3 Å². The van der Waals surface area contributed by atoms with Crippen molar-refractivity contribution in [2.45, 2.75) is 46.1 Å². The molecule has 3 aromatic rings. The van der Waals surface area contributed by atoms with Crippen LogP contribution in [0.25, 0.3) is 11.3 Å². The van der Waals surface area contributed by atoms with E-state index in [1.54, 1.807) is 45.0 Å². The number of alkyl halides is 3. The predicted octanol–water partition coefficient (Wildman–Crippen LogP) is 6.99. The molecule has 2 aromatic carbocycles. The van der Waals surface area contributed by atoms with E-state index in [4.69, 9.17) is 21.1 Å². The van der Waals surface area contributed by atoms with Crippen LogP contribution >= 0.6 is 27.5 Å². The highest BCUT2D eigenvalue weighted by Crippen LogP contribution is 2.41. The van der Waals surface area contributed by atoms with E-state index in [0.717, 1.165) is 19.2 Å². The summed E-state index contributed by atoms with van der Waals surface area (Å²) in [5.41, 5.74) is -1.23. The third kappa shape index (κ3) is 9.44. The number of hydrogen-bond acceptors (Lipinski definition) is 6. The Bertz CT molecular complexity index is 1420. The van der Waals surface area contributed by atoms with Crippen LogP contribution in [0.15, 0.2) is 46.9 Å². The summed E-state index contributed by atoms with van der Waals surface area (Å²) in [4.78, 5) is 34.8. The number of nitrogens with one attached hydrogen (secondary N) is 2. The Labute approximate surface area is 252 Å². The lowest BCUT2D eigenvalue weighted by molar-refractivity contribution is -0.144. The zero-order valence-electron chi connectivity index (χ0n) is 23.1. The summed E-state index contributed by atoms with van der Waals surface area (Å²) in [5, 5.41) is 8.60. The van der Waals surface area contributed by atoms with E-state index in [1.807, 2.05) is 6.07 Å². The Kier molecular flexibility index (Phi) is 12.3. The molecule has 0 saturated carbocycles. The number of carbonyl (C=O) groups is 3. The van der Waals surface area contributed by atoms with E-state index in [0.29, 0.717) is 16.9 Å². The molecule has 15 heteroatoms. The Hall–Kier alpha value is -3.65. The number of ether oxygens (including phenoxy) is 2. The number of esters is 1. The van der Waals surface area contributed by atoms with E-state index in [2.05, 4.69) is 31.7 Å². The van der Waals surface area contributed by atoms with Crippen molar-refractivity contribution in [2.24, 2.45) is 7.05 Å². The van der Waals surface area contributed by atoms with Gasteiger partial charge in [-0.3, -0.25) is 14.8 Å². The summed E-state index contributed by atoms with van der Waals surface area (Å²) >= 11 is 8.67. The largest absolute Gasteiger partial charge is 0.459 e. The standard InChI is InChI=1S/C15H12BrClF4N2O2.C12H16N2O3/c1-6(2)25-14(24)7-4-8(10(18)5-9(7)17)12-11(16)13(15(19,20)21)23(3)22-12;1-3-13-11(15)9(2)17-12(16)14-10-7-5-4-6-8-10/h4-6H,1-3H3;4-9H,3H2,1-2H3,(H,13,15)(H,14,16). The summed E-state index contributed by atoms with van der Waals surface area (Å²) in [6.45, 7) is 7.05. The van der Waals surface area contributed by atoms with Gasteiger partial charge in [-0.15, -0.1) is 0 Å². The Morgan fingerprint density at radius 3 is 2.24 bits per heavy atom. The van der Waals surface area contributed by atoms with Crippen molar-refractivity contribution < 1.29 is 41.4 Å². The van der Waals surface area contributed by atoms with Crippen LogP contribution in [0.3, 0.4) is 0 Å². The molecule has 2 N–H and O–H groups in total. The third-order valence-electron chi connectivity index (χ3n) is 5.16. The lowest BCUT2D eigenvalue weighted by Crippen LogP contribution is -2.36. The highest BCUT2D eigenvalue weighted by Gasteiger charge is 2.39. The smallest absolute Gasteiger partial charge is 0.434 e. The first-order valence-electron chi connectivity index (χ1n) is 12.4. The Morgan fingerprint density at radius 2 is 1.71 bits per heavy atom. The fraction of sp³-hybridized carbons (Fsp3) is 0.333. The molecule has 9 nitrogen and oxygen atoms in total. The van der Waals surface area contributed by atoms with Gasteiger partial charge in [0, 0.05) is 24.8 Å². The van der Waals surface area contributed by atoms with Gasteiger partial charge in [0.15, 0.2) is 11.8 Å². The van der Waals surface area contributed by atoms with Gasteiger partial charge >= 0.3 is 18.2 Å². The zero-order valence-corrected chi connectivity index (χ0v) is 25.4. The van der Waals surface area contributed by atoms with Crippen LogP contribution < -0.4 is 10.6 Å². The molecule has 0 aliphatic heterocycles. The van der Waals surface area contributed by atoms with Crippen LogP contribution in [0.4, 0.5) is 28.0 Å². The molecule has 0 spiro atoms. The number of aryl methyl sites for hydroxylation is 1. The van der Waals surface area contributed by atoms with Gasteiger partial charge < -0.3 is 14.8 Å². The quantitative estimate of drug-likeness (QED) is 0.206. The third-order valence-corrected chi connectivity index (χ3v) is 6.22. The average molecular weight is 680 g/mol. The van der Waals surface area contributed by atoms with Crippen LogP contribution in [0.1, 0.15) is 43.7 Å². The lowest BCUT2D eigenvalue weighted by Gasteiger charge is -2.13. The minimum atomic E-state index is -4.69. The first-order chi connectivity index (χ1) is 19.6. The second-order valence-electron chi connectivity index (χ2n) is 8.83. The first-order valence-corrected chi connectivity index (χ1v) is 13.5. The number of aromatic nitrogens is 2. The summed E-state index contributed by atoms with van der Waals surface area (Å²) < 4.78 is 63.5. The van der Waals surface area contributed by atoms with Crippen molar-refractivity contribution in [2.75, 3.05) is 11.9 Å².